The molecule has 1 aliphatic heterocycles. The molecule has 0 saturated carbocycles. The summed E-state index contributed by atoms with van der Waals surface area (Å²) in [5.41, 5.74) is 1.01. The van der Waals surface area contributed by atoms with Crippen molar-refractivity contribution in [2.45, 2.75) is 13.0 Å². The van der Waals surface area contributed by atoms with Crippen molar-refractivity contribution in [3.63, 3.8) is 0 Å². The number of carbonyl (C=O) groups is 2. The molecule has 5 nitrogen and oxygen atoms in total. The number of benzene rings is 1. The van der Waals surface area contributed by atoms with E-state index in [4.69, 9.17) is 9.47 Å². The average molecular weight is 263 g/mol. The van der Waals surface area contributed by atoms with Gasteiger partial charge in [0.2, 0.25) is 0 Å². The van der Waals surface area contributed by atoms with Gasteiger partial charge in [0.25, 0.3) is 5.91 Å². The summed E-state index contributed by atoms with van der Waals surface area (Å²) in [4.78, 5) is 23.1. The highest BCUT2D eigenvalue weighted by Gasteiger charge is 2.25. The second-order valence-corrected chi connectivity index (χ2v) is 4.43. The molecule has 0 aliphatic carbocycles. The third-order valence-electron chi connectivity index (χ3n) is 2.94. The minimum absolute atomic E-state index is 0.220. The molecule has 0 radical (unpaired) electrons. The molecule has 1 aromatic rings. The van der Waals surface area contributed by atoms with Crippen LogP contribution < -0.4 is 5.32 Å². The van der Waals surface area contributed by atoms with Gasteiger partial charge in [0.1, 0.15) is 0 Å². The number of rotatable bonds is 5. The van der Waals surface area contributed by atoms with E-state index >= 15 is 0 Å². The van der Waals surface area contributed by atoms with Crippen LogP contribution in [0.15, 0.2) is 30.3 Å². The molecular weight excluding hydrogens is 246 g/mol. The normalized spacial score (nSPS) is 18.0. The Bertz CT molecular complexity index is 426. The molecule has 1 fully saturated rings. The van der Waals surface area contributed by atoms with Gasteiger partial charge in [-0.1, -0.05) is 30.3 Å². The summed E-state index contributed by atoms with van der Waals surface area (Å²) in [5.74, 6) is -0.870. The second kappa shape index (κ2) is 6.89. The quantitative estimate of drug-likeness (QED) is 0.801. The first-order valence-electron chi connectivity index (χ1n) is 6.30. The van der Waals surface area contributed by atoms with Crippen molar-refractivity contribution in [1.29, 1.82) is 0 Å². The van der Waals surface area contributed by atoms with Gasteiger partial charge in [-0.25, -0.2) is 0 Å². The summed E-state index contributed by atoms with van der Waals surface area (Å²) >= 11 is 0. The van der Waals surface area contributed by atoms with E-state index < -0.39 is 0 Å². The Kier molecular flexibility index (Phi) is 4.92. The molecular formula is C14H17NO4. The summed E-state index contributed by atoms with van der Waals surface area (Å²) in [6, 6.07) is 9.56. The maximum absolute atomic E-state index is 11.5. The van der Waals surface area contributed by atoms with Gasteiger partial charge in [0, 0.05) is 13.2 Å². The van der Waals surface area contributed by atoms with E-state index in [0.29, 0.717) is 26.2 Å². The third kappa shape index (κ3) is 4.37. The molecule has 1 heterocycles. The monoisotopic (exact) mass is 263 g/mol. The molecule has 1 N–H and O–H groups in total. The molecule has 1 aromatic carbocycles. The van der Waals surface area contributed by atoms with Crippen LogP contribution in [0.5, 0.6) is 0 Å². The standard InChI is InChI=1S/C14H17NO4/c16-13(15-8-11-4-2-1-3-5-11)10-19-14(17)12-6-7-18-9-12/h1-5,12H,6-10H2,(H,15,16). The summed E-state index contributed by atoms with van der Waals surface area (Å²) in [5, 5.41) is 2.70. The van der Waals surface area contributed by atoms with E-state index in [1.165, 1.54) is 0 Å². The van der Waals surface area contributed by atoms with E-state index in [9.17, 15) is 9.59 Å². The SMILES string of the molecule is O=C(COC(=O)C1CCOC1)NCc1ccccc1. The highest BCUT2D eigenvalue weighted by molar-refractivity contribution is 5.81. The van der Waals surface area contributed by atoms with Crippen LogP contribution in [-0.2, 0) is 25.6 Å². The van der Waals surface area contributed by atoms with Crippen molar-refractivity contribution in [3.05, 3.63) is 35.9 Å². The highest BCUT2D eigenvalue weighted by Crippen LogP contribution is 2.13. The molecule has 102 valence electrons. The number of nitrogens with one attached hydrogen (secondary N) is 1. The molecule has 0 bridgehead atoms. The number of hydrogen-bond acceptors (Lipinski definition) is 4. The van der Waals surface area contributed by atoms with Crippen LogP contribution in [0, 0.1) is 5.92 Å². The summed E-state index contributed by atoms with van der Waals surface area (Å²) < 4.78 is 10.0. The molecule has 2 rings (SSSR count). The predicted molar refractivity (Wildman–Crippen MR) is 68.2 cm³/mol. The fraction of sp³-hybridized carbons (Fsp3) is 0.429. The van der Waals surface area contributed by atoms with Crippen LogP contribution >= 0.6 is 0 Å². The molecule has 1 saturated heterocycles. The van der Waals surface area contributed by atoms with Crippen LogP contribution in [-0.4, -0.2) is 31.7 Å². The van der Waals surface area contributed by atoms with E-state index in [2.05, 4.69) is 5.32 Å². The Labute approximate surface area is 111 Å². The zero-order chi connectivity index (χ0) is 13.5. The smallest absolute Gasteiger partial charge is 0.311 e. The van der Waals surface area contributed by atoms with Crippen LogP contribution in [0.4, 0.5) is 0 Å². The van der Waals surface area contributed by atoms with Crippen molar-refractivity contribution >= 4 is 11.9 Å². The van der Waals surface area contributed by atoms with Crippen molar-refractivity contribution in [3.8, 4) is 0 Å². The Morgan fingerprint density at radius 1 is 1.32 bits per heavy atom. The maximum atomic E-state index is 11.5. The van der Waals surface area contributed by atoms with E-state index in [-0.39, 0.29) is 24.4 Å². The molecule has 0 spiro atoms. The Balaban J connectivity index is 1.65. The fourth-order valence-electron chi connectivity index (χ4n) is 1.82. The highest BCUT2D eigenvalue weighted by atomic mass is 16.5. The molecule has 1 atom stereocenters. The number of esters is 1. The first kappa shape index (κ1) is 13.5. The topological polar surface area (TPSA) is 64.6 Å². The zero-order valence-electron chi connectivity index (χ0n) is 10.6. The minimum Gasteiger partial charge on any atom is -0.455 e. The minimum atomic E-state index is -0.354. The van der Waals surface area contributed by atoms with Gasteiger partial charge in [-0.15, -0.1) is 0 Å². The molecule has 19 heavy (non-hydrogen) atoms. The lowest BCUT2D eigenvalue weighted by Crippen LogP contribution is -2.30. The lowest BCUT2D eigenvalue weighted by Gasteiger charge is -2.09. The first-order valence-corrected chi connectivity index (χ1v) is 6.30. The number of carbonyl (C=O) groups excluding carboxylic acids is 2. The summed E-state index contributed by atoms with van der Waals surface area (Å²) in [6.45, 7) is 1.18. The lowest BCUT2D eigenvalue weighted by atomic mass is 10.1. The van der Waals surface area contributed by atoms with Crippen LogP contribution in [0.2, 0.25) is 0 Å². The molecule has 1 aliphatic rings. The summed E-state index contributed by atoms with van der Waals surface area (Å²) in [7, 11) is 0. The van der Waals surface area contributed by atoms with Gasteiger partial charge < -0.3 is 14.8 Å². The van der Waals surface area contributed by atoms with Crippen molar-refractivity contribution in [1.82, 2.24) is 5.32 Å². The molecule has 0 aromatic heterocycles. The summed E-state index contributed by atoms with van der Waals surface area (Å²) in [6.07, 6.45) is 0.671. The maximum Gasteiger partial charge on any atom is 0.311 e. The number of amides is 1. The van der Waals surface area contributed by atoms with Gasteiger partial charge in [-0.2, -0.15) is 0 Å². The number of ether oxygens (including phenoxy) is 2. The van der Waals surface area contributed by atoms with E-state index in [1.54, 1.807) is 0 Å². The lowest BCUT2D eigenvalue weighted by molar-refractivity contribution is -0.152. The van der Waals surface area contributed by atoms with Gasteiger partial charge >= 0.3 is 5.97 Å². The molecule has 1 unspecified atom stereocenters. The Hall–Kier alpha value is -1.88. The fourth-order valence-corrected chi connectivity index (χ4v) is 1.82. The molecule has 1 amide bonds. The van der Waals surface area contributed by atoms with Gasteiger partial charge in [0.15, 0.2) is 6.61 Å². The second-order valence-electron chi connectivity index (χ2n) is 4.43. The van der Waals surface area contributed by atoms with Crippen molar-refractivity contribution in [2.75, 3.05) is 19.8 Å². The van der Waals surface area contributed by atoms with Crippen LogP contribution in [0.3, 0.4) is 0 Å². The first-order chi connectivity index (χ1) is 9.25. The number of hydrogen-bond donors (Lipinski definition) is 1. The molecule has 5 heteroatoms. The van der Waals surface area contributed by atoms with Gasteiger partial charge in [0.05, 0.1) is 12.5 Å². The zero-order valence-corrected chi connectivity index (χ0v) is 10.6. The van der Waals surface area contributed by atoms with E-state index in [0.717, 1.165) is 5.56 Å². The van der Waals surface area contributed by atoms with E-state index in [1.807, 2.05) is 30.3 Å². The third-order valence-corrected chi connectivity index (χ3v) is 2.94. The van der Waals surface area contributed by atoms with Gasteiger partial charge in [-0.05, 0) is 12.0 Å². The van der Waals surface area contributed by atoms with Crippen LogP contribution in [0.1, 0.15) is 12.0 Å². The predicted octanol–water partition coefficient (Wildman–Crippen LogP) is 0.882. The largest absolute Gasteiger partial charge is 0.455 e. The Morgan fingerprint density at radius 3 is 2.79 bits per heavy atom. The van der Waals surface area contributed by atoms with Crippen molar-refractivity contribution in [2.24, 2.45) is 5.92 Å². The average Bonchev–Trinajstić information content (AvgIpc) is 2.98. The Morgan fingerprint density at radius 2 is 2.11 bits per heavy atom. The van der Waals surface area contributed by atoms with Gasteiger partial charge in [-0.3, -0.25) is 9.59 Å². The van der Waals surface area contributed by atoms with Crippen molar-refractivity contribution < 1.29 is 19.1 Å². The van der Waals surface area contributed by atoms with Crippen LogP contribution in [0.25, 0.3) is 0 Å².